The fraction of sp³-hybridized carbons (Fsp3) is 1.00. The fourth-order valence-corrected chi connectivity index (χ4v) is 2.35. The predicted octanol–water partition coefficient (Wildman–Crippen LogP) is 2.81. The Morgan fingerprint density at radius 1 is 1.29 bits per heavy atom. The summed E-state index contributed by atoms with van der Waals surface area (Å²) in [7, 11) is 1.66. The molecular weight excluding hydrogens is 231 g/mol. The maximum absolute atomic E-state index is 12.2. The van der Waals surface area contributed by atoms with Crippen molar-refractivity contribution in [2.45, 2.75) is 57.9 Å². The molecule has 0 saturated heterocycles. The molecule has 5 heteroatoms. The van der Waals surface area contributed by atoms with Gasteiger partial charge in [0, 0.05) is 12.6 Å². The maximum atomic E-state index is 12.2. The zero-order valence-corrected chi connectivity index (χ0v) is 10.7. The van der Waals surface area contributed by atoms with Crippen molar-refractivity contribution in [3.05, 3.63) is 0 Å². The number of alkyl halides is 3. The Bertz CT molecular complexity index is 243. The molecule has 0 heterocycles. The maximum Gasteiger partial charge on any atom is 0.415 e. The Hall–Kier alpha value is -0.290. The summed E-state index contributed by atoms with van der Waals surface area (Å²) in [6, 6.07) is 0.167. The van der Waals surface area contributed by atoms with E-state index < -0.39 is 12.3 Å². The molecule has 102 valence electrons. The molecule has 0 radical (unpaired) electrons. The van der Waals surface area contributed by atoms with Crippen molar-refractivity contribution in [2.24, 2.45) is 5.41 Å². The van der Waals surface area contributed by atoms with Gasteiger partial charge < -0.3 is 10.0 Å². The minimum Gasteiger partial charge on any atom is -0.382 e. The number of aliphatic hydroxyl groups excluding tert-OH is 1. The van der Waals surface area contributed by atoms with Crippen molar-refractivity contribution < 1.29 is 18.3 Å². The van der Waals surface area contributed by atoms with Crippen LogP contribution in [0.4, 0.5) is 13.2 Å². The molecule has 0 aromatic rings. The quantitative estimate of drug-likeness (QED) is 0.836. The van der Waals surface area contributed by atoms with Gasteiger partial charge in [0.15, 0.2) is 6.10 Å². The lowest BCUT2D eigenvalue weighted by Crippen LogP contribution is -2.45. The summed E-state index contributed by atoms with van der Waals surface area (Å²) in [5.74, 6) is 0. The van der Waals surface area contributed by atoms with Gasteiger partial charge in [0.05, 0.1) is 0 Å². The average molecular weight is 253 g/mol. The Kier molecular flexibility index (Phi) is 4.47. The van der Waals surface area contributed by atoms with E-state index in [9.17, 15) is 13.2 Å². The molecule has 0 bridgehead atoms. The summed E-state index contributed by atoms with van der Waals surface area (Å²) in [6.45, 7) is 4.05. The first-order valence-corrected chi connectivity index (χ1v) is 6.07. The van der Waals surface area contributed by atoms with E-state index in [4.69, 9.17) is 5.11 Å². The van der Waals surface area contributed by atoms with Crippen LogP contribution in [0, 0.1) is 5.41 Å². The van der Waals surface area contributed by atoms with Crippen molar-refractivity contribution in [3.63, 3.8) is 0 Å². The van der Waals surface area contributed by atoms with Crippen LogP contribution in [0.3, 0.4) is 0 Å². The zero-order chi connectivity index (χ0) is 13.3. The van der Waals surface area contributed by atoms with Gasteiger partial charge in [0.1, 0.15) is 0 Å². The smallest absolute Gasteiger partial charge is 0.382 e. The first kappa shape index (κ1) is 14.8. The third-order valence-electron chi connectivity index (χ3n) is 3.77. The number of rotatable bonds is 3. The monoisotopic (exact) mass is 253 g/mol. The molecule has 0 spiro atoms. The second-order valence-corrected chi connectivity index (χ2v) is 5.89. The summed E-state index contributed by atoms with van der Waals surface area (Å²) in [5, 5.41) is 9.02. The SMILES string of the molecule is CN(CC(O)C(F)(F)F)C1CCC(C)(C)CC1. The molecule has 0 aromatic heterocycles. The first-order valence-electron chi connectivity index (χ1n) is 6.07. The summed E-state index contributed by atoms with van der Waals surface area (Å²) in [5.41, 5.74) is 0.306. The molecule has 1 fully saturated rings. The molecule has 1 atom stereocenters. The minimum absolute atomic E-state index is 0.167. The van der Waals surface area contributed by atoms with Crippen molar-refractivity contribution in [2.75, 3.05) is 13.6 Å². The van der Waals surface area contributed by atoms with Gasteiger partial charge in [-0.2, -0.15) is 13.2 Å². The van der Waals surface area contributed by atoms with Gasteiger partial charge in [-0.25, -0.2) is 0 Å². The van der Waals surface area contributed by atoms with E-state index in [-0.39, 0.29) is 12.6 Å². The van der Waals surface area contributed by atoms with Crippen LogP contribution in [0.25, 0.3) is 0 Å². The molecule has 17 heavy (non-hydrogen) atoms. The second kappa shape index (κ2) is 5.14. The minimum atomic E-state index is -4.51. The third kappa shape index (κ3) is 4.47. The van der Waals surface area contributed by atoms with E-state index in [0.29, 0.717) is 5.41 Å². The fourth-order valence-electron chi connectivity index (χ4n) is 2.35. The molecule has 0 aliphatic heterocycles. The van der Waals surface area contributed by atoms with Crippen LogP contribution in [0.15, 0.2) is 0 Å². The van der Waals surface area contributed by atoms with Crippen LogP contribution < -0.4 is 0 Å². The number of halogens is 3. The van der Waals surface area contributed by atoms with Crippen molar-refractivity contribution in [3.8, 4) is 0 Å². The molecule has 1 rings (SSSR count). The standard InChI is InChI=1S/C12H22F3NO/c1-11(2)6-4-9(5-7-11)16(3)8-10(17)12(13,14)15/h9-10,17H,4-8H2,1-3H3. The van der Waals surface area contributed by atoms with Crippen LogP contribution in [0.2, 0.25) is 0 Å². The number of aliphatic hydroxyl groups is 1. The molecule has 1 aliphatic rings. The molecule has 1 unspecified atom stereocenters. The van der Waals surface area contributed by atoms with Gasteiger partial charge in [-0.15, -0.1) is 0 Å². The molecule has 0 aromatic carbocycles. The lowest BCUT2D eigenvalue weighted by Gasteiger charge is -2.39. The molecule has 2 nitrogen and oxygen atoms in total. The molecule has 1 N–H and O–H groups in total. The Balaban J connectivity index is 2.42. The van der Waals surface area contributed by atoms with Gasteiger partial charge in [-0.05, 0) is 38.1 Å². The van der Waals surface area contributed by atoms with E-state index in [2.05, 4.69) is 13.8 Å². The number of nitrogens with zero attached hydrogens (tertiary/aromatic N) is 1. The second-order valence-electron chi connectivity index (χ2n) is 5.89. The summed E-state index contributed by atoms with van der Waals surface area (Å²) in [4.78, 5) is 1.65. The van der Waals surface area contributed by atoms with Gasteiger partial charge in [0.2, 0.25) is 0 Å². The Labute approximate surface area is 101 Å². The van der Waals surface area contributed by atoms with Gasteiger partial charge >= 0.3 is 6.18 Å². The normalized spacial score (nSPS) is 24.0. The number of hydrogen-bond acceptors (Lipinski definition) is 2. The molecule has 1 saturated carbocycles. The van der Waals surface area contributed by atoms with Crippen LogP contribution in [-0.2, 0) is 0 Å². The predicted molar refractivity (Wildman–Crippen MR) is 60.7 cm³/mol. The van der Waals surface area contributed by atoms with Crippen LogP contribution in [0.5, 0.6) is 0 Å². The van der Waals surface area contributed by atoms with E-state index in [1.54, 1.807) is 11.9 Å². The summed E-state index contributed by atoms with van der Waals surface area (Å²) < 4.78 is 36.7. The highest BCUT2D eigenvalue weighted by atomic mass is 19.4. The van der Waals surface area contributed by atoms with Gasteiger partial charge in [-0.3, -0.25) is 0 Å². The molecule has 0 amide bonds. The molecule has 1 aliphatic carbocycles. The van der Waals surface area contributed by atoms with E-state index >= 15 is 0 Å². The number of hydrogen-bond donors (Lipinski definition) is 1. The van der Waals surface area contributed by atoms with Gasteiger partial charge in [-0.1, -0.05) is 13.8 Å². The summed E-state index contributed by atoms with van der Waals surface area (Å²) in [6.07, 6.45) is -2.86. The Morgan fingerprint density at radius 2 is 1.76 bits per heavy atom. The first-order chi connectivity index (χ1) is 7.62. The lowest BCUT2D eigenvalue weighted by atomic mass is 9.75. The number of likely N-dealkylation sites (N-methyl/N-ethyl adjacent to an activating group) is 1. The van der Waals surface area contributed by atoms with E-state index in [0.717, 1.165) is 25.7 Å². The van der Waals surface area contributed by atoms with Crippen molar-refractivity contribution in [1.29, 1.82) is 0 Å². The highest BCUT2D eigenvalue weighted by Gasteiger charge is 2.40. The topological polar surface area (TPSA) is 23.5 Å². The zero-order valence-electron chi connectivity index (χ0n) is 10.7. The van der Waals surface area contributed by atoms with Crippen LogP contribution >= 0.6 is 0 Å². The molecular formula is C12H22F3NO. The van der Waals surface area contributed by atoms with E-state index in [1.807, 2.05) is 0 Å². The van der Waals surface area contributed by atoms with Crippen LogP contribution in [-0.4, -0.2) is 41.9 Å². The van der Waals surface area contributed by atoms with Crippen molar-refractivity contribution in [1.82, 2.24) is 4.90 Å². The highest BCUT2D eigenvalue weighted by Crippen LogP contribution is 2.36. The van der Waals surface area contributed by atoms with Crippen molar-refractivity contribution >= 4 is 0 Å². The highest BCUT2D eigenvalue weighted by molar-refractivity contribution is 4.84. The summed E-state index contributed by atoms with van der Waals surface area (Å²) >= 11 is 0. The third-order valence-corrected chi connectivity index (χ3v) is 3.77. The van der Waals surface area contributed by atoms with Gasteiger partial charge in [0.25, 0.3) is 0 Å². The van der Waals surface area contributed by atoms with Crippen LogP contribution in [0.1, 0.15) is 39.5 Å². The van der Waals surface area contributed by atoms with E-state index in [1.165, 1.54) is 0 Å². The lowest BCUT2D eigenvalue weighted by molar-refractivity contribution is -0.209. The Morgan fingerprint density at radius 3 is 2.18 bits per heavy atom. The average Bonchev–Trinajstić information content (AvgIpc) is 2.15. The largest absolute Gasteiger partial charge is 0.415 e.